The lowest BCUT2D eigenvalue weighted by Gasteiger charge is -1.99. The van der Waals surface area contributed by atoms with Crippen molar-refractivity contribution < 1.29 is 0 Å². The van der Waals surface area contributed by atoms with Gasteiger partial charge < -0.3 is 0 Å². The third kappa shape index (κ3) is 15.7. The fraction of sp³-hybridized carbons (Fsp3) is 0.824. The molecule has 0 aromatic rings. The average molecular weight is 237 g/mol. The number of allylic oxidation sites excluding steroid dienone is 2. The molecule has 0 aliphatic rings. The minimum Gasteiger partial charge on any atom is -0.0885 e. The monoisotopic (exact) mass is 237 g/mol. The summed E-state index contributed by atoms with van der Waals surface area (Å²) >= 11 is 0. The summed E-state index contributed by atoms with van der Waals surface area (Å²) in [4.78, 5) is 0. The van der Waals surface area contributed by atoms with Crippen molar-refractivity contribution in [3.63, 3.8) is 0 Å². The van der Waals surface area contributed by atoms with Gasteiger partial charge in [-0.2, -0.15) is 0 Å². The summed E-state index contributed by atoms with van der Waals surface area (Å²) in [5.41, 5.74) is 0. The van der Waals surface area contributed by atoms with E-state index in [-0.39, 0.29) is 0 Å². The molecule has 0 N–H and O–H groups in total. The van der Waals surface area contributed by atoms with Crippen LogP contribution in [-0.2, 0) is 0 Å². The summed E-state index contributed by atoms with van der Waals surface area (Å²) in [6, 6.07) is 0. The van der Waals surface area contributed by atoms with Crippen LogP contribution in [0.25, 0.3) is 0 Å². The second-order valence-corrected chi connectivity index (χ2v) is 5.08. The van der Waals surface area contributed by atoms with Crippen LogP contribution in [0.15, 0.2) is 12.2 Å². The Bertz CT molecular complexity index is 146. The molecule has 0 rings (SSSR count). The Kier molecular flexibility index (Phi) is 15.5. The van der Waals surface area contributed by atoms with Crippen molar-refractivity contribution in [2.45, 2.75) is 90.4 Å². The fourth-order valence-electron chi connectivity index (χ4n) is 2.07. The molecule has 0 atom stereocenters. The lowest BCUT2D eigenvalue weighted by Crippen LogP contribution is -1.79. The first-order chi connectivity index (χ1) is 8.41. The summed E-state index contributed by atoms with van der Waals surface area (Å²) in [6.07, 6.45) is 22.4. The summed E-state index contributed by atoms with van der Waals surface area (Å²) in [5, 5.41) is 0. The standard InChI is InChI=1S/C17H33/c1-3-5-7-9-11-13-15-17-16-14-12-10-8-6-4-2/h14,16H,1,3-13,15,17H2,2H3/b16-14+. The molecule has 0 aliphatic heterocycles. The zero-order chi connectivity index (χ0) is 12.6. The average Bonchev–Trinajstić information content (AvgIpc) is 2.35. The maximum absolute atomic E-state index is 3.87. The zero-order valence-corrected chi connectivity index (χ0v) is 12.1. The molecule has 0 unspecified atom stereocenters. The van der Waals surface area contributed by atoms with E-state index in [4.69, 9.17) is 0 Å². The molecular formula is C17H33. The van der Waals surface area contributed by atoms with Gasteiger partial charge in [0.05, 0.1) is 0 Å². The van der Waals surface area contributed by atoms with Gasteiger partial charge in [-0.1, -0.05) is 83.8 Å². The van der Waals surface area contributed by atoms with E-state index in [1.165, 1.54) is 77.0 Å². The van der Waals surface area contributed by atoms with E-state index < -0.39 is 0 Å². The van der Waals surface area contributed by atoms with Gasteiger partial charge in [0, 0.05) is 0 Å². The highest BCUT2D eigenvalue weighted by molar-refractivity contribution is 4.81. The van der Waals surface area contributed by atoms with E-state index in [1.54, 1.807) is 0 Å². The fourth-order valence-corrected chi connectivity index (χ4v) is 2.07. The van der Waals surface area contributed by atoms with E-state index in [0.717, 1.165) is 6.42 Å². The molecule has 0 fully saturated rings. The molecule has 0 heteroatoms. The van der Waals surface area contributed by atoms with Crippen LogP contribution in [0.3, 0.4) is 0 Å². The molecule has 0 spiro atoms. The first-order valence-electron chi connectivity index (χ1n) is 7.86. The first-order valence-corrected chi connectivity index (χ1v) is 7.86. The SMILES string of the molecule is [CH2]CCCCCCCC/C=C/CCCCCC. The zero-order valence-electron chi connectivity index (χ0n) is 12.1. The predicted octanol–water partition coefficient (Wildman–Crippen LogP) is 6.47. The van der Waals surface area contributed by atoms with Crippen LogP contribution in [0.1, 0.15) is 90.4 Å². The highest BCUT2D eigenvalue weighted by atomic mass is 14.0. The van der Waals surface area contributed by atoms with Crippen molar-refractivity contribution in [1.29, 1.82) is 0 Å². The summed E-state index contributed by atoms with van der Waals surface area (Å²) in [5.74, 6) is 0. The van der Waals surface area contributed by atoms with Gasteiger partial charge in [-0.15, -0.1) is 0 Å². The molecule has 0 aliphatic carbocycles. The molecule has 0 saturated heterocycles. The topological polar surface area (TPSA) is 0 Å². The van der Waals surface area contributed by atoms with E-state index >= 15 is 0 Å². The third-order valence-corrected chi connectivity index (χ3v) is 3.26. The molecule has 0 amide bonds. The van der Waals surface area contributed by atoms with E-state index in [1.807, 2.05) is 0 Å². The Hall–Kier alpha value is -0.260. The molecule has 1 radical (unpaired) electrons. The van der Waals surface area contributed by atoms with Crippen LogP contribution in [0.5, 0.6) is 0 Å². The van der Waals surface area contributed by atoms with Gasteiger partial charge >= 0.3 is 0 Å². The molecular weight excluding hydrogens is 204 g/mol. The van der Waals surface area contributed by atoms with Gasteiger partial charge in [-0.05, 0) is 25.7 Å². The van der Waals surface area contributed by atoms with Crippen molar-refractivity contribution in [3.8, 4) is 0 Å². The number of hydrogen-bond donors (Lipinski definition) is 0. The smallest absolute Gasteiger partial charge is 0.0351 e. The van der Waals surface area contributed by atoms with Crippen LogP contribution in [0.2, 0.25) is 0 Å². The van der Waals surface area contributed by atoms with E-state index in [0.29, 0.717) is 0 Å². The van der Waals surface area contributed by atoms with Gasteiger partial charge in [0.1, 0.15) is 0 Å². The van der Waals surface area contributed by atoms with Gasteiger partial charge in [0.25, 0.3) is 0 Å². The van der Waals surface area contributed by atoms with Gasteiger partial charge in [0.15, 0.2) is 0 Å². The first kappa shape index (κ1) is 16.7. The molecule has 101 valence electrons. The van der Waals surface area contributed by atoms with Gasteiger partial charge in [-0.25, -0.2) is 0 Å². The van der Waals surface area contributed by atoms with E-state index in [2.05, 4.69) is 26.0 Å². The van der Waals surface area contributed by atoms with Gasteiger partial charge in [0.2, 0.25) is 0 Å². The van der Waals surface area contributed by atoms with E-state index in [9.17, 15) is 0 Å². The second kappa shape index (κ2) is 15.7. The Balaban J connectivity index is 2.99. The third-order valence-electron chi connectivity index (χ3n) is 3.26. The Morgan fingerprint density at radius 3 is 1.65 bits per heavy atom. The number of hydrogen-bond acceptors (Lipinski definition) is 0. The van der Waals surface area contributed by atoms with Crippen molar-refractivity contribution in [1.82, 2.24) is 0 Å². The van der Waals surface area contributed by atoms with Crippen molar-refractivity contribution >= 4 is 0 Å². The van der Waals surface area contributed by atoms with Crippen molar-refractivity contribution in [2.24, 2.45) is 0 Å². The lowest BCUT2D eigenvalue weighted by molar-refractivity contribution is 0.599. The highest BCUT2D eigenvalue weighted by Crippen LogP contribution is 2.09. The molecule has 0 saturated carbocycles. The number of rotatable bonds is 13. The Morgan fingerprint density at radius 1 is 0.647 bits per heavy atom. The minimum atomic E-state index is 1.11. The Morgan fingerprint density at radius 2 is 1.12 bits per heavy atom. The van der Waals surface area contributed by atoms with Crippen LogP contribution in [0, 0.1) is 6.92 Å². The maximum Gasteiger partial charge on any atom is -0.0351 e. The largest absolute Gasteiger partial charge is 0.0885 e. The molecule has 0 aromatic carbocycles. The highest BCUT2D eigenvalue weighted by Gasteiger charge is 1.89. The molecule has 0 bridgehead atoms. The van der Waals surface area contributed by atoms with Gasteiger partial charge in [-0.3, -0.25) is 0 Å². The summed E-state index contributed by atoms with van der Waals surface area (Å²) in [6.45, 7) is 6.14. The van der Waals surface area contributed by atoms with Crippen LogP contribution in [0.4, 0.5) is 0 Å². The lowest BCUT2D eigenvalue weighted by atomic mass is 10.1. The van der Waals surface area contributed by atoms with Crippen molar-refractivity contribution in [2.75, 3.05) is 0 Å². The summed E-state index contributed by atoms with van der Waals surface area (Å²) in [7, 11) is 0. The van der Waals surface area contributed by atoms with Crippen LogP contribution in [-0.4, -0.2) is 0 Å². The van der Waals surface area contributed by atoms with Crippen molar-refractivity contribution in [3.05, 3.63) is 19.1 Å². The molecule has 17 heavy (non-hydrogen) atoms. The molecule has 0 nitrogen and oxygen atoms in total. The predicted molar refractivity (Wildman–Crippen MR) is 80.2 cm³/mol. The molecule has 0 aromatic heterocycles. The quantitative estimate of drug-likeness (QED) is 0.254. The van der Waals surface area contributed by atoms with Crippen LogP contribution < -0.4 is 0 Å². The maximum atomic E-state index is 3.87. The summed E-state index contributed by atoms with van der Waals surface area (Å²) < 4.78 is 0. The Labute approximate surface area is 110 Å². The minimum absolute atomic E-state index is 1.11. The molecule has 0 heterocycles. The second-order valence-electron chi connectivity index (χ2n) is 5.08. The number of unbranched alkanes of at least 4 members (excludes halogenated alkanes) is 11. The van der Waals surface area contributed by atoms with Crippen LogP contribution >= 0.6 is 0 Å². The normalized spacial score (nSPS) is 11.4.